The van der Waals surface area contributed by atoms with E-state index < -0.39 is 0 Å². The van der Waals surface area contributed by atoms with E-state index in [4.69, 9.17) is 14.2 Å². The summed E-state index contributed by atoms with van der Waals surface area (Å²) in [5.74, 6) is 2.52. The van der Waals surface area contributed by atoms with E-state index in [0.29, 0.717) is 19.8 Å². The Bertz CT molecular complexity index is 743. The molecule has 0 bridgehead atoms. The van der Waals surface area contributed by atoms with Gasteiger partial charge in [0, 0.05) is 0 Å². The van der Waals surface area contributed by atoms with Crippen LogP contribution < -0.4 is 14.2 Å². The van der Waals surface area contributed by atoms with Crippen molar-refractivity contribution in [3.8, 4) is 17.2 Å². The second kappa shape index (κ2) is 10.9. The Morgan fingerprint density at radius 1 is 0.889 bits per heavy atom. The molecule has 0 saturated heterocycles. The lowest BCUT2D eigenvalue weighted by atomic mass is 10.1. The topological polar surface area (TPSA) is 49.3 Å². The van der Waals surface area contributed by atoms with E-state index in [2.05, 4.69) is 9.99 Å². The minimum absolute atomic E-state index is 0.366. The highest BCUT2D eigenvalue weighted by Gasteiger charge is 2.08. The Morgan fingerprint density at radius 3 is 2.19 bits per heavy atom. The van der Waals surface area contributed by atoms with Gasteiger partial charge >= 0.3 is 0 Å². The highest BCUT2D eigenvalue weighted by molar-refractivity contribution is 5.58. The van der Waals surface area contributed by atoms with Crippen molar-refractivity contribution in [1.82, 2.24) is 0 Å². The molecule has 0 aliphatic rings. The number of rotatable bonds is 10. The first-order chi connectivity index (χ1) is 13.1. The Morgan fingerprint density at radius 2 is 1.56 bits per heavy atom. The lowest BCUT2D eigenvalue weighted by Gasteiger charge is -2.14. The van der Waals surface area contributed by atoms with Gasteiger partial charge in [-0.25, -0.2) is 0 Å². The van der Waals surface area contributed by atoms with Crippen LogP contribution in [0, 0.1) is 13.8 Å². The van der Waals surface area contributed by atoms with Crippen molar-refractivity contribution >= 4 is 6.21 Å². The van der Waals surface area contributed by atoms with Gasteiger partial charge in [-0.15, -0.1) is 0 Å². The van der Waals surface area contributed by atoms with Crippen LogP contribution >= 0.6 is 0 Å². The first kappa shape index (κ1) is 20.4. The zero-order chi connectivity index (χ0) is 19.5. The average molecular weight is 369 g/mol. The smallest absolute Gasteiger partial charge is 0.127 e. The Kier molecular flexibility index (Phi) is 8.23. The van der Waals surface area contributed by atoms with E-state index >= 15 is 0 Å². The fourth-order valence-corrected chi connectivity index (χ4v) is 2.54. The zero-order valence-electron chi connectivity index (χ0n) is 16.4. The number of ether oxygens (including phenoxy) is 3. The van der Waals surface area contributed by atoms with E-state index in [1.807, 2.05) is 69.3 Å². The largest absolute Gasteiger partial charge is 0.490 e. The SMILES string of the molecule is C/C=C/COc1cc(C)c(OCc2ccc(OC/C=N/OC)cc2)c(C)c1. The van der Waals surface area contributed by atoms with Gasteiger partial charge in [-0.1, -0.05) is 29.4 Å². The molecule has 5 heteroatoms. The lowest BCUT2D eigenvalue weighted by molar-refractivity contribution is 0.212. The highest BCUT2D eigenvalue weighted by Crippen LogP contribution is 2.29. The first-order valence-electron chi connectivity index (χ1n) is 8.88. The summed E-state index contributed by atoms with van der Waals surface area (Å²) in [6.45, 7) is 7.47. The lowest BCUT2D eigenvalue weighted by Crippen LogP contribution is -2.01. The number of oxime groups is 1. The molecule has 0 radical (unpaired) electrons. The molecule has 0 spiro atoms. The van der Waals surface area contributed by atoms with Crippen LogP contribution in [0.15, 0.2) is 53.7 Å². The summed E-state index contributed by atoms with van der Waals surface area (Å²) in [6.07, 6.45) is 5.52. The van der Waals surface area contributed by atoms with Crippen LogP contribution in [0.1, 0.15) is 23.6 Å². The second-order valence-electron chi connectivity index (χ2n) is 5.98. The molecule has 0 amide bonds. The number of hydrogen-bond donors (Lipinski definition) is 0. The molecule has 2 rings (SSSR count). The van der Waals surface area contributed by atoms with Gasteiger partial charge in [-0.3, -0.25) is 0 Å². The summed E-state index contributed by atoms with van der Waals surface area (Å²) in [5.41, 5.74) is 3.19. The third-order valence-electron chi connectivity index (χ3n) is 3.83. The van der Waals surface area contributed by atoms with Crippen LogP contribution in [0.2, 0.25) is 0 Å². The van der Waals surface area contributed by atoms with Crippen molar-refractivity contribution in [3.05, 3.63) is 65.2 Å². The van der Waals surface area contributed by atoms with Crippen LogP contribution in [0.4, 0.5) is 0 Å². The van der Waals surface area contributed by atoms with E-state index in [1.165, 1.54) is 7.11 Å². The van der Waals surface area contributed by atoms with E-state index in [1.54, 1.807) is 6.21 Å². The zero-order valence-corrected chi connectivity index (χ0v) is 16.4. The predicted molar refractivity (Wildman–Crippen MR) is 108 cm³/mol. The molecule has 0 atom stereocenters. The van der Waals surface area contributed by atoms with Gasteiger partial charge in [-0.05, 0) is 61.7 Å². The summed E-state index contributed by atoms with van der Waals surface area (Å²) < 4.78 is 17.3. The molecule has 0 aliphatic heterocycles. The maximum Gasteiger partial charge on any atom is 0.127 e. The first-order valence-corrected chi connectivity index (χ1v) is 8.88. The van der Waals surface area contributed by atoms with E-state index in [9.17, 15) is 0 Å². The van der Waals surface area contributed by atoms with Crippen LogP contribution in [-0.2, 0) is 11.4 Å². The van der Waals surface area contributed by atoms with Gasteiger partial charge in [0.15, 0.2) is 0 Å². The normalized spacial score (nSPS) is 11.1. The molecule has 2 aromatic carbocycles. The summed E-state index contributed by atoms with van der Waals surface area (Å²) in [4.78, 5) is 4.59. The Hall–Kier alpha value is -2.95. The number of hydrogen-bond acceptors (Lipinski definition) is 5. The molecule has 144 valence electrons. The molecule has 0 aromatic heterocycles. The highest BCUT2D eigenvalue weighted by atomic mass is 16.6. The summed E-state index contributed by atoms with van der Waals surface area (Å²) in [7, 11) is 1.50. The second-order valence-corrected chi connectivity index (χ2v) is 5.98. The quantitative estimate of drug-likeness (QED) is 0.341. The van der Waals surface area contributed by atoms with Crippen molar-refractivity contribution in [2.45, 2.75) is 27.4 Å². The van der Waals surface area contributed by atoms with Crippen molar-refractivity contribution in [2.75, 3.05) is 20.3 Å². The van der Waals surface area contributed by atoms with E-state index in [-0.39, 0.29) is 0 Å². The molecule has 2 aromatic rings. The van der Waals surface area contributed by atoms with E-state index in [0.717, 1.165) is 33.9 Å². The third-order valence-corrected chi connectivity index (χ3v) is 3.83. The van der Waals surface area contributed by atoms with Crippen LogP contribution in [0.25, 0.3) is 0 Å². The van der Waals surface area contributed by atoms with Gasteiger partial charge in [-0.2, -0.15) is 0 Å². The summed E-state index contributed by atoms with van der Waals surface area (Å²) in [6, 6.07) is 11.8. The van der Waals surface area contributed by atoms with Gasteiger partial charge < -0.3 is 19.0 Å². The molecular formula is C22H27NO4. The number of nitrogens with zero attached hydrogens (tertiary/aromatic N) is 1. The Labute approximate surface area is 161 Å². The Balaban J connectivity index is 1.92. The van der Waals surface area contributed by atoms with Crippen molar-refractivity contribution < 1.29 is 19.0 Å². The van der Waals surface area contributed by atoms with Crippen LogP contribution in [0.3, 0.4) is 0 Å². The average Bonchev–Trinajstić information content (AvgIpc) is 2.66. The monoisotopic (exact) mass is 369 g/mol. The molecule has 5 nitrogen and oxygen atoms in total. The molecule has 27 heavy (non-hydrogen) atoms. The van der Waals surface area contributed by atoms with Crippen molar-refractivity contribution in [3.63, 3.8) is 0 Å². The molecular weight excluding hydrogens is 342 g/mol. The number of allylic oxidation sites excluding steroid dienone is 1. The molecule has 0 aliphatic carbocycles. The maximum absolute atomic E-state index is 6.04. The molecule has 0 unspecified atom stereocenters. The molecule has 0 N–H and O–H groups in total. The minimum atomic E-state index is 0.366. The molecule has 0 saturated carbocycles. The van der Waals surface area contributed by atoms with Gasteiger partial charge in [0.25, 0.3) is 0 Å². The minimum Gasteiger partial charge on any atom is -0.490 e. The summed E-state index contributed by atoms with van der Waals surface area (Å²) in [5, 5.41) is 3.63. The third kappa shape index (κ3) is 6.70. The fourth-order valence-electron chi connectivity index (χ4n) is 2.54. The fraction of sp³-hybridized carbons (Fsp3) is 0.318. The summed E-state index contributed by atoms with van der Waals surface area (Å²) >= 11 is 0. The van der Waals surface area contributed by atoms with Crippen LogP contribution in [0.5, 0.6) is 17.2 Å². The van der Waals surface area contributed by atoms with Crippen LogP contribution in [-0.4, -0.2) is 26.5 Å². The van der Waals surface area contributed by atoms with Gasteiger partial charge in [0.05, 0.1) is 6.21 Å². The predicted octanol–water partition coefficient (Wildman–Crippen LogP) is 4.85. The van der Waals surface area contributed by atoms with Crippen molar-refractivity contribution in [2.24, 2.45) is 5.16 Å². The number of benzene rings is 2. The molecule has 0 heterocycles. The van der Waals surface area contributed by atoms with Gasteiger partial charge in [0.1, 0.15) is 44.2 Å². The maximum atomic E-state index is 6.04. The molecule has 0 fully saturated rings. The van der Waals surface area contributed by atoms with Gasteiger partial charge in [0.2, 0.25) is 0 Å². The number of aryl methyl sites for hydroxylation is 2. The standard InChI is InChI=1S/C22H27NO4/c1-5-6-12-25-21-14-17(2)22(18(3)15-21)27-16-19-7-9-20(10-8-19)26-13-11-23-24-4/h5-11,14-15H,12-13,16H2,1-4H3/b6-5+,23-11+. The van der Waals surface area contributed by atoms with Crippen molar-refractivity contribution in [1.29, 1.82) is 0 Å².